The van der Waals surface area contributed by atoms with Gasteiger partial charge in [0.15, 0.2) is 0 Å². The Balaban J connectivity index is 1.90. The third kappa shape index (κ3) is 2.25. The molecule has 2 aromatic rings. The Kier molecular flexibility index (Phi) is 3.14. The smallest absolute Gasteiger partial charge is 0.251 e. The van der Waals surface area contributed by atoms with Crippen LogP contribution in [0.1, 0.15) is 24.1 Å². The third-order valence-corrected chi connectivity index (χ3v) is 3.49. The highest BCUT2D eigenvalue weighted by molar-refractivity contribution is 6.04. The Bertz CT molecular complexity index is 669. The molecule has 2 N–H and O–H groups in total. The molecule has 0 saturated heterocycles. The van der Waals surface area contributed by atoms with Gasteiger partial charge in [-0.15, -0.1) is 0 Å². The van der Waals surface area contributed by atoms with Crippen molar-refractivity contribution in [2.75, 3.05) is 10.6 Å². The van der Waals surface area contributed by atoms with Crippen molar-refractivity contribution in [2.45, 2.75) is 19.4 Å². The van der Waals surface area contributed by atoms with Crippen LogP contribution in [0.4, 0.5) is 15.8 Å². The van der Waals surface area contributed by atoms with E-state index in [2.05, 4.69) is 17.6 Å². The molecule has 1 unspecified atom stereocenters. The molecule has 2 aromatic carbocycles. The number of nitrogens with one attached hydrogen (secondary N) is 2. The number of carbonyl (C=O) groups excluding carboxylic acids is 1. The van der Waals surface area contributed by atoms with E-state index in [1.165, 1.54) is 17.7 Å². The summed E-state index contributed by atoms with van der Waals surface area (Å²) in [5.74, 6) is -0.509. The molecule has 0 bridgehead atoms. The molecule has 3 nitrogen and oxygen atoms in total. The fourth-order valence-electron chi connectivity index (χ4n) is 2.43. The van der Waals surface area contributed by atoms with Crippen LogP contribution in [0.2, 0.25) is 0 Å². The number of halogens is 1. The molecule has 0 spiro atoms. The van der Waals surface area contributed by atoms with E-state index < -0.39 is 6.04 Å². The van der Waals surface area contributed by atoms with Crippen molar-refractivity contribution >= 4 is 17.3 Å². The maximum atomic E-state index is 13.2. The summed E-state index contributed by atoms with van der Waals surface area (Å²) in [6, 6.07) is 11.8. The van der Waals surface area contributed by atoms with Gasteiger partial charge < -0.3 is 10.6 Å². The average Bonchev–Trinajstić information content (AvgIpc) is 2.74. The first kappa shape index (κ1) is 12.7. The number of carbonyl (C=O) groups is 1. The topological polar surface area (TPSA) is 41.1 Å². The van der Waals surface area contributed by atoms with E-state index in [1.807, 2.05) is 24.3 Å². The summed E-state index contributed by atoms with van der Waals surface area (Å²) in [5, 5.41) is 5.90. The normalized spacial score (nSPS) is 16.7. The molecule has 1 aliphatic heterocycles. The van der Waals surface area contributed by atoms with Gasteiger partial charge in [0.05, 0.1) is 0 Å². The monoisotopic (exact) mass is 270 g/mol. The third-order valence-electron chi connectivity index (χ3n) is 3.49. The van der Waals surface area contributed by atoms with Gasteiger partial charge >= 0.3 is 0 Å². The number of fused-ring (bicyclic) bond motifs is 1. The average molecular weight is 270 g/mol. The predicted octanol–water partition coefficient (Wildman–Crippen LogP) is 3.49. The van der Waals surface area contributed by atoms with Crippen LogP contribution in [0.25, 0.3) is 0 Å². The van der Waals surface area contributed by atoms with Crippen molar-refractivity contribution in [1.29, 1.82) is 0 Å². The molecular weight excluding hydrogens is 255 g/mol. The molecule has 1 heterocycles. The van der Waals surface area contributed by atoms with Gasteiger partial charge in [-0.1, -0.05) is 25.1 Å². The van der Waals surface area contributed by atoms with E-state index in [4.69, 9.17) is 0 Å². The van der Waals surface area contributed by atoms with Crippen molar-refractivity contribution in [3.05, 3.63) is 59.4 Å². The second-order valence-electron chi connectivity index (χ2n) is 4.85. The zero-order chi connectivity index (χ0) is 14.1. The van der Waals surface area contributed by atoms with E-state index in [9.17, 15) is 9.18 Å². The summed E-state index contributed by atoms with van der Waals surface area (Å²) in [5.41, 5.74) is 3.41. The van der Waals surface area contributed by atoms with Crippen LogP contribution in [0, 0.1) is 5.82 Å². The number of hydrogen-bond donors (Lipinski definition) is 2. The minimum absolute atomic E-state index is 0.160. The van der Waals surface area contributed by atoms with Crippen LogP contribution in [-0.2, 0) is 11.2 Å². The second kappa shape index (κ2) is 4.96. The number of amides is 1. The molecule has 0 aliphatic carbocycles. The van der Waals surface area contributed by atoms with Crippen LogP contribution >= 0.6 is 0 Å². The second-order valence-corrected chi connectivity index (χ2v) is 4.85. The highest BCUT2D eigenvalue weighted by atomic mass is 19.1. The first-order chi connectivity index (χ1) is 9.67. The van der Waals surface area contributed by atoms with Crippen molar-refractivity contribution < 1.29 is 9.18 Å². The summed E-state index contributed by atoms with van der Waals surface area (Å²) in [6.07, 6.45) is 0.939. The van der Waals surface area contributed by atoms with Crippen LogP contribution in [-0.4, -0.2) is 5.91 Å². The minimum atomic E-state index is -0.474. The first-order valence-corrected chi connectivity index (χ1v) is 6.63. The Morgan fingerprint density at radius 1 is 1.25 bits per heavy atom. The molecule has 20 heavy (non-hydrogen) atoms. The predicted molar refractivity (Wildman–Crippen MR) is 77.2 cm³/mol. The molecule has 1 aliphatic rings. The molecular formula is C16H15FN2O. The van der Waals surface area contributed by atoms with E-state index in [0.29, 0.717) is 5.69 Å². The lowest BCUT2D eigenvalue weighted by molar-refractivity contribution is -0.116. The summed E-state index contributed by atoms with van der Waals surface area (Å²) >= 11 is 0. The van der Waals surface area contributed by atoms with Gasteiger partial charge in [-0.25, -0.2) is 4.39 Å². The molecule has 3 rings (SSSR count). The molecule has 0 aromatic heterocycles. The largest absolute Gasteiger partial charge is 0.370 e. The Morgan fingerprint density at radius 3 is 2.90 bits per heavy atom. The number of aryl methyl sites for hydroxylation is 1. The zero-order valence-electron chi connectivity index (χ0n) is 11.1. The summed E-state index contributed by atoms with van der Waals surface area (Å²) in [4.78, 5) is 12.0. The van der Waals surface area contributed by atoms with E-state index in [1.54, 1.807) is 6.07 Å². The SMILES string of the molecule is CCc1cccc(NC2C(=O)Nc3cc(F)ccc32)c1. The molecule has 1 atom stereocenters. The van der Waals surface area contributed by atoms with Gasteiger partial charge in [-0.05, 0) is 36.2 Å². The fraction of sp³-hybridized carbons (Fsp3) is 0.188. The highest BCUT2D eigenvalue weighted by Gasteiger charge is 2.30. The van der Waals surface area contributed by atoms with Crippen molar-refractivity contribution in [3.8, 4) is 0 Å². The minimum Gasteiger partial charge on any atom is -0.370 e. The first-order valence-electron chi connectivity index (χ1n) is 6.63. The van der Waals surface area contributed by atoms with Gasteiger partial charge in [-0.2, -0.15) is 0 Å². The van der Waals surface area contributed by atoms with Gasteiger partial charge in [-0.3, -0.25) is 4.79 Å². The van der Waals surface area contributed by atoms with Crippen LogP contribution < -0.4 is 10.6 Å². The Labute approximate surface area is 116 Å². The lowest BCUT2D eigenvalue weighted by atomic mass is 10.1. The molecule has 4 heteroatoms. The van der Waals surface area contributed by atoms with E-state index >= 15 is 0 Å². The molecule has 0 saturated carbocycles. The van der Waals surface area contributed by atoms with Crippen LogP contribution in [0.3, 0.4) is 0 Å². The zero-order valence-corrected chi connectivity index (χ0v) is 11.1. The molecule has 1 amide bonds. The molecule has 0 radical (unpaired) electrons. The van der Waals surface area contributed by atoms with Gasteiger partial charge in [0.2, 0.25) is 0 Å². The summed E-state index contributed by atoms with van der Waals surface area (Å²) in [6.45, 7) is 2.08. The maximum absolute atomic E-state index is 13.2. The van der Waals surface area contributed by atoms with E-state index in [-0.39, 0.29) is 11.7 Å². The lowest BCUT2D eigenvalue weighted by Gasteiger charge is -2.13. The fourth-order valence-corrected chi connectivity index (χ4v) is 2.43. The lowest BCUT2D eigenvalue weighted by Crippen LogP contribution is -2.19. The number of hydrogen-bond acceptors (Lipinski definition) is 2. The highest BCUT2D eigenvalue weighted by Crippen LogP contribution is 2.33. The summed E-state index contributed by atoms with van der Waals surface area (Å²) in [7, 11) is 0. The van der Waals surface area contributed by atoms with Gasteiger partial charge in [0, 0.05) is 16.9 Å². The molecule has 102 valence electrons. The number of rotatable bonds is 3. The van der Waals surface area contributed by atoms with E-state index in [0.717, 1.165) is 17.7 Å². The van der Waals surface area contributed by atoms with Crippen LogP contribution in [0.5, 0.6) is 0 Å². The van der Waals surface area contributed by atoms with Gasteiger partial charge in [0.1, 0.15) is 11.9 Å². The van der Waals surface area contributed by atoms with Crippen molar-refractivity contribution in [3.63, 3.8) is 0 Å². The Hall–Kier alpha value is -2.36. The standard InChI is InChI=1S/C16H15FN2O/c1-2-10-4-3-5-12(8-10)18-15-13-7-6-11(17)9-14(13)19-16(15)20/h3-9,15,18H,2H2,1H3,(H,19,20). The van der Waals surface area contributed by atoms with Crippen molar-refractivity contribution in [1.82, 2.24) is 0 Å². The van der Waals surface area contributed by atoms with Crippen molar-refractivity contribution in [2.24, 2.45) is 0 Å². The molecule has 0 fully saturated rings. The Morgan fingerprint density at radius 2 is 2.10 bits per heavy atom. The maximum Gasteiger partial charge on any atom is 0.251 e. The number of anilines is 2. The van der Waals surface area contributed by atoms with Crippen LogP contribution in [0.15, 0.2) is 42.5 Å². The quantitative estimate of drug-likeness (QED) is 0.896. The summed E-state index contributed by atoms with van der Waals surface area (Å²) < 4.78 is 13.2. The number of benzene rings is 2. The van der Waals surface area contributed by atoms with Gasteiger partial charge in [0.25, 0.3) is 5.91 Å².